The standard InChI is InChI=1S/C15H18ClN3O6S/c1-3-15(20,9-18-8-13(19(21)22)17-14(18)16)10-25-26(23,24)12-6-4-11(2)5-7-12/h4-8,20H,3,9-10H2,1-2H3. The van der Waals surface area contributed by atoms with E-state index < -0.39 is 33.1 Å². The van der Waals surface area contributed by atoms with Crippen LogP contribution in [0.5, 0.6) is 0 Å². The Morgan fingerprint density at radius 1 is 1.38 bits per heavy atom. The molecule has 1 atom stereocenters. The number of benzene rings is 1. The van der Waals surface area contributed by atoms with Crippen LogP contribution in [0.15, 0.2) is 35.4 Å². The van der Waals surface area contributed by atoms with Crippen molar-refractivity contribution < 1.29 is 22.6 Å². The predicted molar refractivity (Wildman–Crippen MR) is 93.4 cm³/mol. The second kappa shape index (κ2) is 7.70. The maximum atomic E-state index is 12.3. The van der Waals surface area contributed by atoms with Gasteiger partial charge < -0.3 is 15.2 Å². The first-order valence-electron chi connectivity index (χ1n) is 7.62. The van der Waals surface area contributed by atoms with E-state index in [0.29, 0.717) is 0 Å². The highest BCUT2D eigenvalue weighted by atomic mass is 35.5. The molecule has 26 heavy (non-hydrogen) atoms. The van der Waals surface area contributed by atoms with Gasteiger partial charge in [0.2, 0.25) is 0 Å². The molecule has 0 amide bonds. The van der Waals surface area contributed by atoms with Gasteiger partial charge in [-0.1, -0.05) is 24.6 Å². The molecule has 2 aromatic rings. The molecular formula is C15H18ClN3O6S. The van der Waals surface area contributed by atoms with Crippen molar-refractivity contribution in [1.82, 2.24) is 9.55 Å². The van der Waals surface area contributed by atoms with Crippen LogP contribution in [-0.2, 0) is 20.8 Å². The van der Waals surface area contributed by atoms with Gasteiger partial charge in [0, 0.05) is 0 Å². The van der Waals surface area contributed by atoms with Crippen LogP contribution in [0.4, 0.5) is 5.82 Å². The number of aryl methyl sites for hydroxylation is 1. The summed E-state index contributed by atoms with van der Waals surface area (Å²) in [5, 5.41) is 21.2. The molecule has 1 aromatic heterocycles. The van der Waals surface area contributed by atoms with E-state index in [0.717, 1.165) is 11.8 Å². The molecule has 1 aromatic carbocycles. The van der Waals surface area contributed by atoms with E-state index in [9.17, 15) is 23.6 Å². The summed E-state index contributed by atoms with van der Waals surface area (Å²) in [4.78, 5) is 13.6. The first-order valence-corrected chi connectivity index (χ1v) is 9.40. The lowest BCUT2D eigenvalue weighted by Crippen LogP contribution is -2.39. The van der Waals surface area contributed by atoms with E-state index in [4.69, 9.17) is 15.8 Å². The first-order chi connectivity index (χ1) is 12.1. The highest BCUT2D eigenvalue weighted by Gasteiger charge is 2.32. The maximum Gasteiger partial charge on any atom is 0.383 e. The number of halogens is 1. The van der Waals surface area contributed by atoms with Gasteiger partial charge in [-0.3, -0.25) is 8.75 Å². The third kappa shape index (κ3) is 4.79. The van der Waals surface area contributed by atoms with Crippen molar-refractivity contribution in [2.45, 2.75) is 37.3 Å². The molecular weight excluding hydrogens is 386 g/mol. The van der Waals surface area contributed by atoms with Crippen LogP contribution < -0.4 is 0 Å². The quantitative estimate of drug-likeness (QED) is 0.407. The molecule has 11 heteroatoms. The van der Waals surface area contributed by atoms with Crippen LogP contribution in [-0.4, -0.2) is 40.2 Å². The van der Waals surface area contributed by atoms with Crippen molar-refractivity contribution in [2.24, 2.45) is 0 Å². The fourth-order valence-corrected chi connectivity index (χ4v) is 3.29. The molecule has 2 rings (SSSR count). The zero-order chi connectivity index (χ0) is 19.5. The van der Waals surface area contributed by atoms with Crippen LogP contribution in [0.25, 0.3) is 0 Å². The minimum absolute atomic E-state index is 0.0298. The molecule has 0 radical (unpaired) electrons. The number of nitro groups is 1. The number of rotatable bonds is 8. The Balaban J connectivity index is 2.14. The summed E-state index contributed by atoms with van der Waals surface area (Å²) in [5.74, 6) is -0.471. The number of aromatic nitrogens is 2. The summed E-state index contributed by atoms with van der Waals surface area (Å²) >= 11 is 5.83. The minimum Gasteiger partial charge on any atom is -0.386 e. The molecule has 0 aliphatic heterocycles. The Hall–Kier alpha value is -2.01. The second-order valence-electron chi connectivity index (χ2n) is 5.86. The van der Waals surface area contributed by atoms with Crippen molar-refractivity contribution in [3.05, 3.63) is 51.4 Å². The third-order valence-corrected chi connectivity index (χ3v) is 5.40. The van der Waals surface area contributed by atoms with Gasteiger partial charge in [-0.25, -0.2) is 0 Å². The molecule has 142 valence electrons. The van der Waals surface area contributed by atoms with Gasteiger partial charge in [0.1, 0.15) is 11.8 Å². The normalized spacial score (nSPS) is 14.2. The lowest BCUT2D eigenvalue weighted by atomic mass is 10.0. The summed E-state index contributed by atoms with van der Waals surface area (Å²) in [6, 6.07) is 6.08. The van der Waals surface area contributed by atoms with E-state index >= 15 is 0 Å². The van der Waals surface area contributed by atoms with Gasteiger partial charge >= 0.3 is 11.1 Å². The Morgan fingerprint density at radius 2 is 2.00 bits per heavy atom. The largest absolute Gasteiger partial charge is 0.386 e. The maximum absolute atomic E-state index is 12.3. The molecule has 1 heterocycles. The van der Waals surface area contributed by atoms with E-state index in [1.54, 1.807) is 19.1 Å². The summed E-state index contributed by atoms with van der Waals surface area (Å²) in [6.45, 7) is 2.69. The smallest absolute Gasteiger partial charge is 0.383 e. The van der Waals surface area contributed by atoms with Gasteiger partial charge in [0.15, 0.2) is 0 Å². The first kappa shape index (κ1) is 20.3. The zero-order valence-electron chi connectivity index (χ0n) is 14.1. The number of aliphatic hydroxyl groups is 1. The fourth-order valence-electron chi connectivity index (χ4n) is 2.12. The summed E-state index contributed by atoms with van der Waals surface area (Å²) in [6.07, 6.45) is 1.19. The predicted octanol–water partition coefficient (Wildman–Crippen LogP) is 2.30. The van der Waals surface area contributed by atoms with E-state index in [2.05, 4.69) is 4.98 Å². The molecule has 1 N–H and O–H groups in total. The van der Waals surface area contributed by atoms with Crippen LogP contribution >= 0.6 is 11.6 Å². The van der Waals surface area contributed by atoms with E-state index in [-0.39, 0.29) is 23.1 Å². The Bertz CT molecular complexity index is 897. The van der Waals surface area contributed by atoms with E-state index in [1.807, 2.05) is 6.92 Å². The van der Waals surface area contributed by atoms with Crippen molar-refractivity contribution >= 4 is 27.5 Å². The Morgan fingerprint density at radius 3 is 2.50 bits per heavy atom. The lowest BCUT2D eigenvalue weighted by Gasteiger charge is -2.26. The molecule has 1 unspecified atom stereocenters. The van der Waals surface area contributed by atoms with Crippen LogP contribution in [0.1, 0.15) is 18.9 Å². The molecule has 0 aliphatic rings. The summed E-state index contributed by atoms with van der Waals surface area (Å²) in [5.41, 5.74) is -0.721. The molecule has 0 saturated heterocycles. The van der Waals surface area contributed by atoms with Crippen molar-refractivity contribution in [3.8, 4) is 0 Å². The fraction of sp³-hybridized carbons (Fsp3) is 0.400. The van der Waals surface area contributed by atoms with Gasteiger partial charge in [0.05, 0.1) is 18.0 Å². The number of hydrogen-bond donors (Lipinski definition) is 1. The second-order valence-corrected chi connectivity index (χ2v) is 7.81. The van der Waals surface area contributed by atoms with Crippen LogP contribution in [0, 0.1) is 17.0 Å². The van der Waals surface area contributed by atoms with Crippen molar-refractivity contribution in [1.29, 1.82) is 0 Å². The monoisotopic (exact) mass is 403 g/mol. The van der Waals surface area contributed by atoms with Gasteiger partial charge in [-0.15, -0.1) is 0 Å². The highest BCUT2D eigenvalue weighted by molar-refractivity contribution is 7.86. The number of imidazole rings is 1. The van der Waals surface area contributed by atoms with Crippen molar-refractivity contribution in [3.63, 3.8) is 0 Å². The van der Waals surface area contributed by atoms with E-state index in [1.165, 1.54) is 16.7 Å². The molecule has 0 bridgehead atoms. The Kier molecular flexibility index (Phi) is 6.02. The Labute approximate surface area is 155 Å². The SMILES string of the molecule is CCC(O)(COS(=O)(=O)c1ccc(C)cc1)Cn1cc([N+](=O)[O-])nc1Cl. The average Bonchev–Trinajstić information content (AvgIpc) is 2.94. The molecule has 9 nitrogen and oxygen atoms in total. The summed E-state index contributed by atoms with van der Waals surface area (Å²) in [7, 11) is -4.06. The number of nitrogens with zero attached hydrogens (tertiary/aromatic N) is 3. The average molecular weight is 404 g/mol. The van der Waals surface area contributed by atoms with Gasteiger partial charge in [-0.05, 0) is 47.0 Å². The highest BCUT2D eigenvalue weighted by Crippen LogP contribution is 2.23. The van der Waals surface area contributed by atoms with Crippen molar-refractivity contribution in [2.75, 3.05) is 6.61 Å². The topological polar surface area (TPSA) is 125 Å². The molecule has 0 aliphatic carbocycles. The molecule has 0 saturated carbocycles. The van der Waals surface area contributed by atoms with Crippen LogP contribution in [0.3, 0.4) is 0 Å². The zero-order valence-corrected chi connectivity index (χ0v) is 15.7. The van der Waals surface area contributed by atoms with Crippen LogP contribution in [0.2, 0.25) is 5.28 Å². The molecule has 0 fully saturated rings. The van der Waals surface area contributed by atoms with Gasteiger partial charge in [-0.2, -0.15) is 8.42 Å². The lowest BCUT2D eigenvalue weighted by molar-refractivity contribution is -0.389. The number of hydrogen-bond acceptors (Lipinski definition) is 7. The van der Waals surface area contributed by atoms with Gasteiger partial charge in [0.25, 0.3) is 10.1 Å². The molecule has 0 spiro atoms. The summed E-state index contributed by atoms with van der Waals surface area (Å²) < 4.78 is 30.7. The minimum atomic E-state index is -4.06. The third-order valence-electron chi connectivity index (χ3n) is 3.82.